The van der Waals surface area contributed by atoms with Crippen LogP contribution >= 0.6 is 0 Å². The van der Waals surface area contributed by atoms with Gasteiger partial charge in [0.05, 0.1) is 26.9 Å². The van der Waals surface area contributed by atoms with Crippen molar-refractivity contribution in [3.8, 4) is 17.2 Å². The molecule has 2 fully saturated rings. The van der Waals surface area contributed by atoms with Gasteiger partial charge in [-0.15, -0.1) is 0 Å². The summed E-state index contributed by atoms with van der Waals surface area (Å²) in [4.78, 5) is 15.2. The van der Waals surface area contributed by atoms with Crippen LogP contribution in [0.4, 0.5) is 5.82 Å². The Morgan fingerprint density at radius 1 is 1.07 bits per heavy atom. The third-order valence-electron chi connectivity index (χ3n) is 5.70. The van der Waals surface area contributed by atoms with Gasteiger partial charge in [-0.2, -0.15) is 5.10 Å². The first-order valence-electron chi connectivity index (χ1n) is 10.0. The van der Waals surface area contributed by atoms with E-state index in [-0.39, 0.29) is 11.9 Å². The summed E-state index contributed by atoms with van der Waals surface area (Å²) < 4.78 is 16.1. The molecule has 0 radical (unpaired) electrons. The predicted octanol–water partition coefficient (Wildman–Crippen LogP) is 2.71. The Morgan fingerprint density at radius 3 is 2.41 bits per heavy atom. The number of hydrogen-bond acceptors (Lipinski definition) is 6. The smallest absolute Gasteiger partial charge is 0.255 e. The zero-order valence-electron chi connectivity index (χ0n) is 17.2. The first-order chi connectivity index (χ1) is 14.1. The van der Waals surface area contributed by atoms with Gasteiger partial charge in [0, 0.05) is 36.8 Å². The number of aromatic amines is 1. The van der Waals surface area contributed by atoms with Gasteiger partial charge in [-0.1, -0.05) is 0 Å². The molecule has 8 heteroatoms. The lowest BCUT2D eigenvalue weighted by molar-refractivity contribution is 0.0927. The maximum atomic E-state index is 12.9. The molecule has 29 heavy (non-hydrogen) atoms. The SMILES string of the molecule is COc1ccc(C(=O)NC2CCN(c3cc(C4CC4)[nH]n3)CC2)c(OC)c1OC. The van der Waals surface area contributed by atoms with Crippen molar-refractivity contribution in [2.45, 2.75) is 37.6 Å². The molecule has 8 nitrogen and oxygen atoms in total. The van der Waals surface area contributed by atoms with Crippen molar-refractivity contribution in [1.82, 2.24) is 15.5 Å². The average Bonchev–Trinajstić information content (AvgIpc) is 3.49. The Bertz CT molecular complexity index is 870. The van der Waals surface area contributed by atoms with Crippen LogP contribution < -0.4 is 24.4 Å². The van der Waals surface area contributed by atoms with Crippen LogP contribution in [0.2, 0.25) is 0 Å². The van der Waals surface area contributed by atoms with Crippen molar-refractivity contribution >= 4 is 11.7 Å². The number of carbonyl (C=O) groups is 1. The molecule has 0 unspecified atom stereocenters. The number of piperidine rings is 1. The van der Waals surface area contributed by atoms with Crippen molar-refractivity contribution in [3.63, 3.8) is 0 Å². The molecule has 1 aromatic heterocycles. The summed E-state index contributed by atoms with van der Waals surface area (Å²) in [6, 6.07) is 5.70. The standard InChI is InChI=1S/C21H28N4O4/c1-27-17-7-6-15(19(28-2)20(17)29-3)21(26)22-14-8-10-25(11-9-14)18-12-16(23-24-18)13-4-5-13/h6-7,12-14H,4-5,8-11H2,1-3H3,(H,22,26)(H,23,24). The molecule has 0 atom stereocenters. The van der Waals surface area contributed by atoms with Crippen molar-refractivity contribution in [3.05, 3.63) is 29.5 Å². The first kappa shape index (κ1) is 19.4. The highest BCUT2D eigenvalue weighted by atomic mass is 16.5. The van der Waals surface area contributed by atoms with Crippen LogP contribution in [-0.4, -0.2) is 56.6 Å². The van der Waals surface area contributed by atoms with Gasteiger partial charge in [0.1, 0.15) is 0 Å². The van der Waals surface area contributed by atoms with Crippen molar-refractivity contribution in [2.75, 3.05) is 39.3 Å². The van der Waals surface area contributed by atoms with Crippen LogP contribution in [-0.2, 0) is 0 Å². The molecule has 0 spiro atoms. The van der Waals surface area contributed by atoms with Gasteiger partial charge >= 0.3 is 0 Å². The van der Waals surface area contributed by atoms with E-state index < -0.39 is 0 Å². The molecule has 1 saturated heterocycles. The minimum atomic E-state index is -0.169. The number of nitrogens with one attached hydrogen (secondary N) is 2. The quantitative estimate of drug-likeness (QED) is 0.743. The molecule has 1 aliphatic heterocycles. The van der Waals surface area contributed by atoms with E-state index in [1.807, 2.05) is 0 Å². The maximum absolute atomic E-state index is 12.9. The molecule has 1 saturated carbocycles. The number of ether oxygens (including phenoxy) is 3. The number of hydrogen-bond donors (Lipinski definition) is 2. The van der Waals surface area contributed by atoms with Crippen molar-refractivity contribution in [2.24, 2.45) is 0 Å². The van der Waals surface area contributed by atoms with Crippen LogP contribution in [0, 0.1) is 0 Å². The highest BCUT2D eigenvalue weighted by molar-refractivity contribution is 5.98. The summed E-state index contributed by atoms with van der Waals surface area (Å²) in [5, 5.41) is 10.8. The van der Waals surface area contributed by atoms with Crippen LogP contribution in [0.15, 0.2) is 18.2 Å². The van der Waals surface area contributed by atoms with E-state index in [0.29, 0.717) is 28.7 Å². The van der Waals surface area contributed by atoms with Crippen LogP contribution in [0.5, 0.6) is 17.2 Å². The lowest BCUT2D eigenvalue weighted by Gasteiger charge is -2.32. The molecule has 2 heterocycles. The zero-order valence-corrected chi connectivity index (χ0v) is 17.2. The zero-order chi connectivity index (χ0) is 20.4. The number of rotatable bonds is 7. The summed E-state index contributed by atoms with van der Waals surface area (Å²) >= 11 is 0. The van der Waals surface area contributed by atoms with Gasteiger partial charge in [0.25, 0.3) is 5.91 Å². The first-order valence-corrected chi connectivity index (χ1v) is 10.0. The number of benzene rings is 1. The second-order valence-electron chi connectivity index (χ2n) is 7.57. The third kappa shape index (κ3) is 3.97. The number of carbonyl (C=O) groups excluding carboxylic acids is 1. The second-order valence-corrected chi connectivity index (χ2v) is 7.57. The molecule has 1 aliphatic carbocycles. The Morgan fingerprint density at radius 2 is 1.79 bits per heavy atom. The molecule has 2 N–H and O–H groups in total. The van der Waals surface area contributed by atoms with Crippen LogP contribution in [0.3, 0.4) is 0 Å². The fourth-order valence-corrected chi connectivity index (χ4v) is 3.89. The summed E-state index contributed by atoms with van der Waals surface area (Å²) in [6.07, 6.45) is 4.25. The highest BCUT2D eigenvalue weighted by Crippen LogP contribution is 2.41. The van der Waals surface area contributed by atoms with E-state index in [4.69, 9.17) is 14.2 Å². The molecule has 2 aromatic rings. The summed E-state index contributed by atoms with van der Waals surface area (Å²) in [5.41, 5.74) is 1.69. The number of anilines is 1. The monoisotopic (exact) mass is 400 g/mol. The Kier molecular flexibility index (Phi) is 5.51. The van der Waals surface area contributed by atoms with E-state index in [1.165, 1.54) is 32.8 Å². The van der Waals surface area contributed by atoms with E-state index in [1.54, 1.807) is 19.2 Å². The minimum Gasteiger partial charge on any atom is -0.493 e. The predicted molar refractivity (Wildman–Crippen MR) is 109 cm³/mol. The Hall–Kier alpha value is -2.90. The highest BCUT2D eigenvalue weighted by Gasteiger charge is 2.28. The van der Waals surface area contributed by atoms with Gasteiger partial charge < -0.3 is 24.4 Å². The topological polar surface area (TPSA) is 88.7 Å². The van der Waals surface area contributed by atoms with E-state index >= 15 is 0 Å². The largest absolute Gasteiger partial charge is 0.493 e. The van der Waals surface area contributed by atoms with Crippen molar-refractivity contribution < 1.29 is 19.0 Å². The molecule has 0 bridgehead atoms. The number of H-pyrrole nitrogens is 1. The second kappa shape index (κ2) is 8.23. The molecule has 156 valence electrons. The van der Waals surface area contributed by atoms with Gasteiger partial charge in [0.15, 0.2) is 17.3 Å². The lowest BCUT2D eigenvalue weighted by Crippen LogP contribution is -2.44. The summed E-state index contributed by atoms with van der Waals surface area (Å²) in [5.74, 6) is 2.84. The third-order valence-corrected chi connectivity index (χ3v) is 5.70. The Balaban J connectivity index is 1.38. The minimum absolute atomic E-state index is 0.110. The van der Waals surface area contributed by atoms with Gasteiger partial charge in [-0.25, -0.2) is 0 Å². The van der Waals surface area contributed by atoms with Gasteiger partial charge in [-0.05, 0) is 37.8 Å². The van der Waals surface area contributed by atoms with Crippen LogP contribution in [0.1, 0.15) is 47.7 Å². The molecular weight excluding hydrogens is 372 g/mol. The van der Waals surface area contributed by atoms with E-state index in [2.05, 4.69) is 26.5 Å². The molecule has 2 aliphatic rings. The molecule has 1 aromatic carbocycles. The summed E-state index contributed by atoms with van der Waals surface area (Å²) in [6.45, 7) is 1.73. The summed E-state index contributed by atoms with van der Waals surface area (Å²) in [7, 11) is 4.60. The van der Waals surface area contributed by atoms with E-state index in [9.17, 15) is 4.79 Å². The molecule has 4 rings (SSSR count). The fraction of sp³-hybridized carbons (Fsp3) is 0.524. The normalized spacial score (nSPS) is 17.1. The molecule has 1 amide bonds. The maximum Gasteiger partial charge on any atom is 0.255 e. The number of methoxy groups -OCH3 is 3. The average molecular weight is 400 g/mol. The number of amides is 1. The molecular formula is C21H28N4O4. The van der Waals surface area contributed by atoms with E-state index in [0.717, 1.165) is 31.7 Å². The van der Waals surface area contributed by atoms with Crippen molar-refractivity contribution in [1.29, 1.82) is 0 Å². The van der Waals surface area contributed by atoms with Gasteiger partial charge in [-0.3, -0.25) is 9.89 Å². The Labute approximate surface area is 170 Å². The fourth-order valence-electron chi connectivity index (χ4n) is 3.89. The van der Waals surface area contributed by atoms with Gasteiger partial charge in [0.2, 0.25) is 5.75 Å². The number of nitrogens with zero attached hydrogens (tertiary/aromatic N) is 2. The number of aromatic nitrogens is 2. The van der Waals surface area contributed by atoms with Crippen LogP contribution in [0.25, 0.3) is 0 Å². The lowest BCUT2D eigenvalue weighted by atomic mass is 10.0.